The van der Waals surface area contributed by atoms with Gasteiger partial charge in [-0.1, -0.05) is 48.4 Å². The van der Waals surface area contributed by atoms with Crippen molar-refractivity contribution in [3.8, 4) is 0 Å². The smallest absolute Gasteiger partial charge is 0.128 e. The van der Waals surface area contributed by atoms with Gasteiger partial charge in [0.1, 0.15) is 11.5 Å². The number of rotatable bonds is 5. The van der Waals surface area contributed by atoms with Gasteiger partial charge in [0.2, 0.25) is 0 Å². The lowest BCUT2D eigenvalue weighted by Crippen LogP contribution is -2.18. The second-order valence-electron chi connectivity index (χ2n) is 3.35. The van der Waals surface area contributed by atoms with Gasteiger partial charge in [-0.3, -0.25) is 0 Å². The van der Waals surface area contributed by atoms with E-state index >= 15 is 0 Å². The Bertz CT molecular complexity index is 251. The highest BCUT2D eigenvalue weighted by atomic mass is 32.2. The molecule has 0 aliphatic heterocycles. The maximum Gasteiger partial charge on any atom is 0.128 e. The highest BCUT2D eigenvalue weighted by Crippen LogP contribution is 2.16. The van der Waals surface area contributed by atoms with Crippen molar-refractivity contribution >= 4 is 11.2 Å². The van der Waals surface area contributed by atoms with E-state index in [1.165, 1.54) is 5.56 Å². The summed E-state index contributed by atoms with van der Waals surface area (Å²) >= 11 is -0.901. The molecule has 1 rings (SSSR count). The van der Waals surface area contributed by atoms with Crippen LogP contribution in [0.4, 0.5) is 0 Å². The third-order valence-corrected chi connectivity index (χ3v) is 3.63. The van der Waals surface area contributed by atoms with Crippen LogP contribution in [0.5, 0.6) is 0 Å². The standard InChI is InChI=1S/C11H16O2S/c1-10(9-14(13)8-7-12)11-5-3-2-4-6-11/h2-6,10,12H,7-9H2,1H3. The number of hydrogen-bond donors (Lipinski definition) is 1. The molecule has 1 aromatic carbocycles. The summed E-state index contributed by atoms with van der Waals surface area (Å²) in [6, 6.07) is 10.0. The van der Waals surface area contributed by atoms with Gasteiger partial charge in [-0.15, -0.1) is 0 Å². The summed E-state index contributed by atoms with van der Waals surface area (Å²) < 4.78 is 11.4. The van der Waals surface area contributed by atoms with Crippen molar-refractivity contribution in [1.82, 2.24) is 0 Å². The zero-order valence-electron chi connectivity index (χ0n) is 8.35. The van der Waals surface area contributed by atoms with E-state index in [0.717, 1.165) is 0 Å². The van der Waals surface area contributed by atoms with Crippen LogP contribution in [0.1, 0.15) is 18.4 Å². The highest BCUT2D eigenvalue weighted by Gasteiger charge is 2.13. The monoisotopic (exact) mass is 212 g/mol. The third kappa shape index (κ3) is 3.70. The minimum atomic E-state index is -0.901. The van der Waals surface area contributed by atoms with E-state index in [9.17, 15) is 4.55 Å². The molecule has 0 amide bonds. The van der Waals surface area contributed by atoms with E-state index < -0.39 is 11.2 Å². The van der Waals surface area contributed by atoms with Gasteiger partial charge in [0, 0.05) is 5.92 Å². The summed E-state index contributed by atoms with van der Waals surface area (Å²) in [5.74, 6) is 1.31. The molecule has 0 aliphatic rings. The highest BCUT2D eigenvalue weighted by molar-refractivity contribution is 7.91. The first kappa shape index (κ1) is 11.6. The molecule has 0 bridgehead atoms. The first-order valence-electron chi connectivity index (χ1n) is 4.75. The molecule has 14 heavy (non-hydrogen) atoms. The molecule has 0 heterocycles. The quantitative estimate of drug-likeness (QED) is 0.752. The second kappa shape index (κ2) is 6.06. The molecule has 0 aliphatic carbocycles. The van der Waals surface area contributed by atoms with Crippen LogP contribution in [0.15, 0.2) is 30.3 Å². The summed E-state index contributed by atoms with van der Waals surface area (Å²) in [5.41, 5.74) is 1.21. The molecule has 0 fully saturated rings. The molecular formula is C11H16O2S. The van der Waals surface area contributed by atoms with Crippen molar-refractivity contribution in [2.75, 3.05) is 18.1 Å². The number of aliphatic hydroxyl groups is 1. The number of hydrogen-bond acceptors (Lipinski definition) is 2. The van der Waals surface area contributed by atoms with Crippen molar-refractivity contribution in [2.45, 2.75) is 12.8 Å². The molecule has 2 atom stereocenters. The Morgan fingerprint density at radius 3 is 2.57 bits per heavy atom. The van der Waals surface area contributed by atoms with Crippen LogP contribution in [-0.4, -0.2) is 27.8 Å². The predicted octanol–water partition coefficient (Wildman–Crippen LogP) is 1.53. The van der Waals surface area contributed by atoms with Gasteiger partial charge in [-0.25, -0.2) is 0 Å². The molecule has 1 aromatic rings. The van der Waals surface area contributed by atoms with E-state index in [-0.39, 0.29) is 6.61 Å². The Hall–Kier alpha value is -0.510. The lowest BCUT2D eigenvalue weighted by molar-refractivity contribution is 0.319. The fraction of sp³-hybridized carbons (Fsp3) is 0.455. The Labute approximate surface area is 88.1 Å². The van der Waals surface area contributed by atoms with Gasteiger partial charge >= 0.3 is 0 Å². The Morgan fingerprint density at radius 1 is 1.36 bits per heavy atom. The van der Waals surface area contributed by atoms with Crippen molar-refractivity contribution in [2.24, 2.45) is 0 Å². The minimum Gasteiger partial charge on any atom is -0.616 e. The summed E-state index contributed by atoms with van der Waals surface area (Å²) in [4.78, 5) is 0. The van der Waals surface area contributed by atoms with E-state index in [2.05, 4.69) is 6.92 Å². The molecular weight excluding hydrogens is 196 g/mol. The van der Waals surface area contributed by atoms with Gasteiger partial charge in [-0.2, -0.15) is 0 Å². The maximum absolute atomic E-state index is 11.4. The van der Waals surface area contributed by atoms with Crippen molar-refractivity contribution < 1.29 is 9.66 Å². The average molecular weight is 212 g/mol. The lowest BCUT2D eigenvalue weighted by Gasteiger charge is -2.15. The fourth-order valence-electron chi connectivity index (χ4n) is 1.34. The lowest BCUT2D eigenvalue weighted by atomic mass is 10.0. The van der Waals surface area contributed by atoms with Crippen LogP contribution in [0.25, 0.3) is 0 Å². The van der Waals surface area contributed by atoms with E-state index in [1.807, 2.05) is 30.3 Å². The summed E-state index contributed by atoms with van der Waals surface area (Å²) in [6.07, 6.45) is 0. The van der Waals surface area contributed by atoms with Crippen LogP contribution in [0.2, 0.25) is 0 Å². The number of benzene rings is 1. The molecule has 0 spiro atoms. The van der Waals surface area contributed by atoms with Crippen LogP contribution in [-0.2, 0) is 11.2 Å². The van der Waals surface area contributed by atoms with Gasteiger partial charge in [0.25, 0.3) is 0 Å². The van der Waals surface area contributed by atoms with Crippen LogP contribution in [0, 0.1) is 0 Å². The Balaban J connectivity index is 2.46. The van der Waals surface area contributed by atoms with Crippen LogP contribution in [0.3, 0.4) is 0 Å². The summed E-state index contributed by atoms with van der Waals surface area (Å²) in [6.45, 7) is 2.07. The number of aliphatic hydroxyl groups excluding tert-OH is 1. The summed E-state index contributed by atoms with van der Waals surface area (Å²) in [7, 11) is 0. The van der Waals surface area contributed by atoms with Crippen LogP contribution < -0.4 is 0 Å². The van der Waals surface area contributed by atoms with Crippen molar-refractivity contribution in [3.63, 3.8) is 0 Å². The molecule has 0 saturated heterocycles. The first-order valence-corrected chi connectivity index (χ1v) is 6.23. The first-order chi connectivity index (χ1) is 6.74. The SMILES string of the molecule is CC(C[S+]([O-])CCO)c1ccccc1. The van der Waals surface area contributed by atoms with Gasteiger partial charge in [-0.05, 0) is 5.56 Å². The molecule has 0 radical (unpaired) electrons. The second-order valence-corrected chi connectivity index (χ2v) is 4.97. The van der Waals surface area contributed by atoms with Crippen molar-refractivity contribution in [1.29, 1.82) is 0 Å². The predicted molar refractivity (Wildman–Crippen MR) is 59.8 cm³/mol. The van der Waals surface area contributed by atoms with Crippen LogP contribution >= 0.6 is 0 Å². The van der Waals surface area contributed by atoms with Gasteiger partial charge in [0.05, 0.1) is 6.61 Å². The zero-order valence-corrected chi connectivity index (χ0v) is 9.17. The average Bonchev–Trinajstić information content (AvgIpc) is 2.19. The topological polar surface area (TPSA) is 43.3 Å². The molecule has 0 saturated carbocycles. The largest absolute Gasteiger partial charge is 0.616 e. The normalized spacial score (nSPS) is 15.1. The van der Waals surface area contributed by atoms with Gasteiger partial charge < -0.3 is 9.66 Å². The minimum absolute atomic E-state index is 0.00806. The van der Waals surface area contributed by atoms with E-state index in [1.54, 1.807) is 0 Å². The molecule has 2 unspecified atom stereocenters. The third-order valence-electron chi connectivity index (χ3n) is 2.12. The molecule has 78 valence electrons. The Kier molecular flexibility index (Phi) is 5.01. The molecule has 1 N–H and O–H groups in total. The summed E-state index contributed by atoms with van der Waals surface area (Å²) in [5, 5.41) is 8.63. The van der Waals surface area contributed by atoms with Crippen molar-refractivity contribution in [3.05, 3.63) is 35.9 Å². The Morgan fingerprint density at radius 2 is 2.00 bits per heavy atom. The fourth-order valence-corrected chi connectivity index (χ4v) is 2.46. The molecule has 2 nitrogen and oxygen atoms in total. The van der Waals surface area contributed by atoms with E-state index in [4.69, 9.17) is 5.11 Å². The van der Waals surface area contributed by atoms with Gasteiger partial charge in [0.15, 0.2) is 0 Å². The molecule has 0 aromatic heterocycles. The zero-order chi connectivity index (χ0) is 10.4. The van der Waals surface area contributed by atoms with E-state index in [0.29, 0.717) is 17.4 Å². The maximum atomic E-state index is 11.4. The molecule has 3 heteroatoms.